The minimum Gasteiger partial charge on any atom is -0.497 e. The topological polar surface area (TPSA) is 65.1 Å². The highest BCUT2D eigenvalue weighted by Gasteiger charge is 2.42. The Morgan fingerprint density at radius 3 is 0.538 bits per heavy atom. The maximum Gasteiger partial charge on any atom is 0.119 e. The first-order valence-corrected chi connectivity index (χ1v) is 36.9. The van der Waals surface area contributed by atoms with Gasteiger partial charge in [-0.1, -0.05) is 72.8 Å². The number of methoxy groups -OCH3 is 6. The van der Waals surface area contributed by atoms with Gasteiger partial charge in [-0.3, -0.25) is 0 Å². The molecular formula is C92H71N3O6S3. The van der Waals surface area contributed by atoms with Crippen molar-refractivity contribution in [1.29, 1.82) is 0 Å². The van der Waals surface area contributed by atoms with E-state index in [-0.39, 0.29) is 11.8 Å². The third-order valence-electron chi connectivity index (χ3n) is 20.0. The van der Waals surface area contributed by atoms with E-state index in [0.717, 1.165) is 85.7 Å². The Hall–Kier alpha value is -12.1. The number of ether oxygens (including phenoxy) is 6. The standard InChI is InChI=1S/C92H71N3O6S3/c1-96-73-34-22-67(23-35-73)93(68-24-36-74(97-2)37-25-68)64-16-7-58(8-17-64)85-49-52-88(102-85)61-15-48-81-82(55-61)91-79-46-13-62(89-53-50-86(103-89)59-9-18-65(19-10-59)94(69-26-38-75(98-3)39-27-69)70-28-40-76(99-4)41-29-70)56-83(79)92(81)84-57-63(14-47-80(84)91)90-54-51-87(104-90)60-11-20-66(21-12-60)95(71-30-42-77(100-5)43-31-71)72-32-44-78(101-6)45-33-72/h7-57,91-92H,1-6H3. The van der Waals surface area contributed by atoms with Crippen LogP contribution in [-0.4, -0.2) is 42.7 Å². The van der Waals surface area contributed by atoms with Crippen LogP contribution in [0.5, 0.6) is 34.5 Å². The minimum atomic E-state index is 0.0272. The summed E-state index contributed by atoms with van der Waals surface area (Å²) in [5.41, 5.74) is 24.7. The highest BCUT2D eigenvalue weighted by atomic mass is 32.1. The normalized spacial score (nSPS) is 13.1. The molecule has 508 valence electrons. The smallest absolute Gasteiger partial charge is 0.119 e. The predicted molar refractivity (Wildman–Crippen MR) is 431 cm³/mol. The van der Waals surface area contributed by atoms with E-state index in [0.29, 0.717) is 0 Å². The molecule has 0 amide bonds. The Morgan fingerprint density at radius 2 is 0.346 bits per heavy atom. The van der Waals surface area contributed by atoms with Gasteiger partial charge in [0, 0.05) is 92.3 Å². The van der Waals surface area contributed by atoms with Gasteiger partial charge in [-0.15, -0.1) is 34.0 Å². The lowest BCUT2D eigenvalue weighted by molar-refractivity contribution is 0.414. The van der Waals surface area contributed by atoms with Gasteiger partial charge in [-0.25, -0.2) is 0 Å². The lowest BCUT2D eigenvalue weighted by Gasteiger charge is -2.42. The second kappa shape index (κ2) is 28.1. The summed E-state index contributed by atoms with van der Waals surface area (Å²) in [5, 5.41) is 0. The summed E-state index contributed by atoms with van der Waals surface area (Å²) < 4.78 is 33.2. The van der Waals surface area contributed by atoms with Gasteiger partial charge in [0.2, 0.25) is 0 Å². The van der Waals surface area contributed by atoms with Crippen LogP contribution in [0.25, 0.3) is 62.6 Å². The van der Waals surface area contributed by atoms with Crippen LogP contribution in [0.2, 0.25) is 0 Å². The van der Waals surface area contributed by atoms with Gasteiger partial charge in [-0.05, 0) is 303 Å². The number of hydrogen-bond acceptors (Lipinski definition) is 12. The maximum atomic E-state index is 5.54. The molecule has 0 atom stereocenters. The van der Waals surface area contributed by atoms with E-state index in [1.54, 1.807) is 42.7 Å². The van der Waals surface area contributed by atoms with Gasteiger partial charge in [0.25, 0.3) is 0 Å². The molecule has 0 N–H and O–H groups in total. The molecule has 0 saturated carbocycles. The van der Waals surface area contributed by atoms with E-state index in [4.69, 9.17) is 28.4 Å². The molecule has 3 aromatic heterocycles. The van der Waals surface area contributed by atoms with Crippen molar-refractivity contribution < 1.29 is 28.4 Å². The van der Waals surface area contributed by atoms with E-state index in [9.17, 15) is 0 Å². The zero-order valence-electron chi connectivity index (χ0n) is 58.1. The van der Waals surface area contributed by atoms with Gasteiger partial charge in [0.1, 0.15) is 34.5 Å². The summed E-state index contributed by atoms with van der Waals surface area (Å²) >= 11 is 5.52. The molecule has 15 aromatic rings. The van der Waals surface area contributed by atoms with E-state index >= 15 is 0 Å². The first kappa shape index (κ1) is 65.3. The fraction of sp³-hybridized carbons (Fsp3) is 0.0870. The van der Waals surface area contributed by atoms with Crippen molar-refractivity contribution in [3.8, 4) is 97.1 Å². The average Bonchev–Trinajstić information content (AvgIpc) is 0.714. The van der Waals surface area contributed by atoms with Gasteiger partial charge in [-0.2, -0.15) is 0 Å². The third-order valence-corrected chi connectivity index (χ3v) is 23.6. The van der Waals surface area contributed by atoms with Crippen molar-refractivity contribution >= 4 is 85.2 Å². The number of anilines is 9. The zero-order chi connectivity index (χ0) is 70.4. The monoisotopic (exact) mass is 1410 g/mol. The van der Waals surface area contributed by atoms with Crippen LogP contribution >= 0.6 is 34.0 Å². The Balaban J connectivity index is 0.690. The fourth-order valence-electron chi connectivity index (χ4n) is 14.7. The Bertz CT molecular complexity index is 5180. The summed E-state index contributed by atoms with van der Waals surface area (Å²) in [6.07, 6.45) is 0. The molecular weight excluding hydrogens is 1340 g/mol. The average molecular weight is 1410 g/mol. The molecule has 0 aliphatic heterocycles. The Kier molecular flexibility index (Phi) is 17.6. The molecule has 3 aliphatic carbocycles. The number of benzene rings is 12. The van der Waals surface area contributed by atoms with Crippen molar-refractivity contribution in [1.82, 2.24) is 0 Å². The fourth-order valence-corrected chi connectivity index (χ4v) is 17.7. The van der Waals surface area contributed by atoms with Gasteiger partial charge < -0.3 is 43.1 Å². The van der Waals surface area contributed by atoms with Crippen molar-refractivity contribution in [2.75, 3.05) is 57.4 Å². The minimum absolute atomic E-state index is 0.0272. The molecule has 2 bridgehead atoms. The van der Waals surface area contributed by atoms with Crippen LogP contribution in [0.4, 0.5) is 51.2 Å². The Labute approximate surface area is 618 Å². The van der Waals surface area contributed by atoms with E-state index in [1.807, 2.05) is 107 Å². The molecule has 0 fully saturated rings. The largest absolute Gasteiger partial charge is 0.497 e. The molecule has 0 radical (unpaired) electrons. The SMILES string of the molecule is COc1ccc(N(c2ccc(OC)cc2)c2ccc(-c3ccc(-c4ccc5c(c4)C4c6ccc(-c7ccc(-c8ccc(N(c9ccc(OC)cc9)c9ccc(OC)cc9)cc8)s7)cc6C5c5cc(-c6ccc(-c7ccc(N(c8ccc(OC)cc8)c8ccc(OC)cc8)cc7)s6)ccc54)s3)cc2)cc1. The molecule has 3 heterocycles. The molecule has 0 saturated heterocycles. The number of rotatable bonds is 21. The molecule has 0 unspecified atom stereocenters. The van der Waals surface area contributed by atoms with Crippen molar-refractivity contribution in [3.63, 3.8) is 0 Å². The van der Waals surface area contributed by atoms with Gasteiger partial charge in [0.15, 0.2) is 0 Å². The quantitative estimate of drug-likeness (QED) is 0.0700. The zero-order valence-corrected chi connectivity index (χ0v) is 60.6. The molecule has 12 aromatic carbocycles. The van der Waals surface area contributed by atoms with E-state index in [1.165, 1.54) is 96.0 Å². The van der Waals surface area contributed by atoms with Crippen LogP contribution in [0.3, 0.4) is 0 Å². The van der Waals surface area contributed by atoms with E-state index < -0.39 is 0 Å². The predicted octanol–water partition coefficient (Wildman–Crippen LogP) is 25.3. The number of hydrogen-bond donors (Lipinski definition) is 0. The first-order valence-electron chi connectivity index (χ1n) is 34.5. The molecule has 12 heteroatoms. The van der Waals surface area contributed by atoms with Crippen molar-refractivity contribution in [3.05, 3.63) is 343 Å². The third kappa shape index (κ3) is 12.4. The van der Waals surface area contributed by atoms with E-state index in [2.05, 4.69) is 251 Å². The highest BCUT2D eigenvalue weighted by Crippen LogP contribution is 2.58. The summed E-state index contributed by atoms with van der Waals surface area (Å²) in [7, 11) is 10.2. The number of thiophene rings is 3. The van der Waals surface area contributed by atoms with Gasteiger partial charge in [0.05, 0.1) is 42.7 Å². The summed E-state index contributed by atoms with van der Waals surface area (Å²) in [5.74, 6) is 4.94. The van der Waals surface area contributed by atoms with Crippen LogP contribution in [0.15, 0.2) is 309 Å². The molecule has 9 nitrogen and oxygen atoms in total. The van der Waals surface area contributed by atoms with Crippen LogP contribution < -0.4 is 43.1 Å². The summed E-state index contributed by atoms with van der Waals surface area (Å²) in [6, 6.07) is 111. The van der Waals surface area contributed by atoms with Crippen molar-refractivity contribution in [2.24, 2.45) is 0 Å². The lowest BCUT2D eigenvalue weighted by atomic mass is 9.60. The second-order valence-corrected chi connectivity index (χ2v) is 29.0. The summed E-state index contributed by atoms with van der Waals surface area (Å²) in [4.78, 5) is 14.1. The van der Waals surface area contributed by atoms with Crippen molar-refractivity contribution in [2.45, 2.75) is 11.8 Å². The molecule has 0 spiro atoms. The van der Waals surface area contributed by atoms with Crippen LogP contribution in [0.1, 0.15) is 45.2 Å². The second-order valence-electron chi connectivity index (χ2n) is 25.7. The maximum absolute atomic E-state index is 5.54. The first-order chi connectivity index (χ1) is 51.2. The van der Waals surface area contributed by atoms with Gasteiger partial charge >= 0.3 is 0 Å². The highest BCUT2D eigenvalue weighted by molar-refractivity contribution is 7.19. The molecule has 104 heavy (non-hydrogen) atoms. The number of nitrogens with zero attached hydrogens (tertiary/aromatic N) is 3. The lowest BCUT2D eigenvalue weighted by Crippen LogP contribution is -2.27. The molecule has 18 rings (SSSR count). The Morgan fingerprint density at radius 1 is 0.183 bits per heavy atom. The summed E-state index contributed by atoms with van der Waals surface area (Å²) in [6.45, 7) is 0. The molecule has 3 aliphatic rings. The van der Waals surface area contributed by atoms with Crippen LogP contribution in [-0.2, 0) is 0 Å². The van der Waals surface area contributed by atoms with Crippen LogP contribution in [0, 0.1) is 0 Å².